The van der Waals surface area contributed by atoms with Crippen molar-refractivity contribution in [2.45, 2.75) is 11.4 Å². The summed E-state index contributed by atoms with van der Waals surface area (Å²) < 4.78 is 13.5. The molecule has 1 aromatic heterocycles. The molecule has 4 heteroatoms. The van der Waals surface area contributed by atoms with E-state index >= 15 is 0 Å². The molecule has 1 nitrogen and oxygen atoms in total. The molecule has 0 amide bonds. The summed E-state index contributed by atoms with van der Waals surface area (Å²) in [7, 11) is 0. The van der Waals surface area contributed by atoms with Gasteiger partial charge in [0.05, 0.1) is 0 Å². The minimum atomic E-state index is -0.164. The molecule has 0 bridgehead atoms. The van der Waals surface area contributed by atoms with E-state index in [1.807, 2.05) is 17.7 Å². The van der Waals surface area contributed by atoms with Gasteiger partial charge >= 0.3 is 0 Å². The number of thiophene rings is 1. The Hall–Kier alpha value is -1.00. The van der Waals surface area contributed by atoms with Crippen LogP contribution in [0.4, 0.5) is 10.1 Å². The quantitative estimate of drug-likeness (QED) is 0.819. The van der Waals surface area contributed by atoms with Gasteiger partial charge in [0, 0.05) is 17.1 Å². The van der Waals surface area contributed by atoms with E-state index in [4.69, 9.17) is 0 Å². The molecule has 0 aliphatic rings. The van der Waals surface area contributed by atoms with Crippen molar-refractivity contribution in [2.75, 3.05) is 11.6 Å². The van der Waals surface area contributed by atoms with Gasteiger partial charge in [0.2, 0.25) is 0 Å². The fourth-order valence-electron chi connectivity index (χ4n) is 1.37. The molecule has 1 aromatic carbocycles. The second-order valence-electron chi connectivity index (χ2n) is 3.33. The Bertz CT molecular complexity index is 454. The van der Waals surface area contributed by atoms with Gasteiger partial charge in [0.15, 0.2) is 0 Å². The van der Waals surface area contributed by atoms with Crippen LogP contribution in [0.3, 0.4) is 0 Å². The first-order valence-corrected chi connectivity index (χ1v) is 7.05. The first-order chi connectivity index (χ1) is 7.79. The van der Waals surface area contributed by atoms with Crippen molar-refractivity contribution in [2.24, 2.45) is 0 Å². The Morgan fingerprint density at radius 3 is 2.88 bits per heavy atom. The van der Waals surface area contributed by atoms with Crippen LogP contribution in [0.15, 0.2) is 39.9 Å². The Labute approximate surface area is 103 Å². The summed E-state index contributed by atoms with van der Waals surface area (Å²) in [4.78, 5) is 0.682. The van der Waals surface area contributed by atoms with Crippen molar-refractivity contribution >= 4 is 28.8 Å². The van der Waals surface area contributed by atoms with E-state index in [2.05, 4.69) is 16.8 Å². The topological polar surface area (TPSA) is 12.0 Å². The lowest BCUT2D eigenvalue weighted by molar-refractivity contribution is 0.602. The van der Waals surface area contributed by atoms with Crippen molar-refractivity contribution in [3.05, 3.63) is 46.4 Å². The van der Waals surface area contributed by atoms with E-state index in [-0.39, 0.29) is 5.82 Å². The summed E-state index contributed by atoms with van der Waals surface area (Å²) in [5.74, 6) is -0.164. The van der Waals surface area contributed by atoms with Gasteiger partial charge in [0.1, 0.15) is 5.82 Å². The molecule has 0 radical (unpaired) electrons. The highest BCUT2D eigenvalue weighted by Crippen LogP contribution is 2.22. The molecule has 1 N–H and O–H groups in total. The summed E-state index contributed by atoms with van der Waals surface area (Å²) in [6.45, 7) is 0.738. The van der Waals surface area contributed by atoms with Gasteiger partial charge < -0.3 is 5.32 Å². The third-order valence-corrected chi connectivity index (χ3v) is 3.73. The molecule has 0 spiro atoms. The van der Waals surface area contributed by atoms with Crippen LogP contribution in [-0.2, 0) is 6.54 Å². The Morgan fingerprint density at radius 1 is 1.38 bits per heavy atom. The van der Waals surface area contributed by atoms with Crippen LogP contribution >= 0.6 is 23.1 Å². The lowest BCUT2D eigenvalue weighted by Gasteiger charge is -2.06. The fourth-order valence-corrected chi connectivity index (χ4v) is 2.50. The van der Waals surface area contributed by atoms with Gasteiger partial charge in [-0.15, -0.1) is 11.8 Å². The van der Waals surface area contributed by atoms with Crippen molar-refractivity contribution in [1.29, 1.82) is 0 Å². The van der Waals surface area contributed by atoms with E-state index < -0.39 is 0 Å². The molecule has 0 saturated heterocycles. The standard InChI is InChI=1S/C12H12FNS2/c1-15-12-3-2-10(6-11(12)13)14-7-9-4-5-16-8-9/h2-6,8,14H,7H2,1H3. The maximum atomic E-state index is 13.5. The van der Waals surface area contributed by atoms with Crippen molar-refractivity contribution < 1.29 is 4.39 Å². The number of halogens is 1. The summed E-state index contributed by atoms with van der Waals surface area (Å²) in [5, 5.41) is 7.32. The third kappa shape index (κ3) is 2.77. The minimum absolute atomic E-state index is 0.164. The van der Waals surface area contributed by atoms with E-state index in [1.54, 1.807) is 17.4 Å². The zero-order valence-corrected chi connectivity index (χ0v) is 10.5. The van der Waals surface area contributed by atoms with Gasteiger partial charge in [-0.2, -0.15) is 11.3 Å². The fraction of sp³-hybridized carbons (Fsp3) is 0.167. The van der Waals surface area contributed by atoms with Gasteiger partial charge in [-0.25, -0.2) is 4.39 Å². The molecule has 0 aliphatic carbocycles. The molecule has 0 atom stereocenters. The third-order valence-electron chi connectivity index (χ3n) is 2.23. The smallest absolute Gasteiger partial charge is 0.138 e. The molecule has 0 fully saturated rings. The Balaban J connectivity index is 2.02. The van der Waals surface area contributed by atoms with Crippen molar-refractivity contribution in [1.82, 2.24) is 0 Å². The highest BCUT2D eigenvalue weighted by molar-refractivity contribution is 7.98. The number of thioether (sulfide) groups is 1. The van der Waals surface area contributed by atoms with E-state index in [1.165, 1.54) is 23.4 Å². The van der Waals surface area contributed by atoms with Gasteiger partial charge in [0.25, 0.3) is 0 Å². The molecule has 0 aliphatic heterocycles. The highest BCUT2D eigenvalue weighted by Gasteiger charge is 2.02. The molecule has 0 unspecified atom stereocenters. The zero-order valence-electron chi connectivity index (χ0n) is 8.87. The van der Waals surface area contributed by atoms with Crippen LogP contribution in [0, 0.1) is 5.82 Å². The second kappa shape index (κ2) is 5.37. The minimum Gasteiger partial charge on any atom is -0.381 e. The number of anilines is 1. The highest BCUT2D eigenvalue weighted by atomic mass is 32.2. The molecule has 2 rings (SSSR count). The van der Waals surface area contributed by atoms with E-state index in [0.29, 0.717) is 4.90 Å². The number of rotatable bonds is 4. The summed E-state index contributed by atoms with van der Waals surface area (Å²) in [6.07, 6.45) is 1.87. The predicted octanol–water partition coefficient (Wildman–Crippen LogP) is 4.22. The second-order valence-corrected chi connectivity index (χ2v) is 4.96. The number of benzene rings is 1. The largest absolute Gasteiger partial charge is 0.381 e. The zero-order chi connectivity index (χ0) is 11.4. The predicted molar refractivity (Wildman–Crippen MR) is 69.8 cm³/mol. The van der Waals surface area contributed by atoms with Crippen LogP contribution < -0.4 is 5.32 Å². The van der Waals surface area contributed by atoms with Crippen molar-refractivity contribution in [3.63, 3.8) is 0 Å². The van der Waals surface area contributed by atoms with E-state index in [0.717, 1.165) is 12.2 Å². The lowest BCUT2D eigenvalue weighted by atomic mass is 10.3. The summed E-state index contributed by atoms with van der Waals surface area (Å²) >= 11 is 3.09. The monoisotopic (exact) mass is 253 g/mol. The molecule has 16 heavy (non-hydrogen) atoms. The molecule has 84 valence electrons. The molecular weight excluding hydrogens is 241 g/mol. The first-order valence-electron chi connectivity index (χ1n) is 4.88. The Kier molecular flexibility index (Phi) is 3.85. The van der Waals surface area contributed by atoms with Gasteiger partial charge in [-0.1, -0.05) is 0 Å². The molecular formula is C12H12FNS2. The number of hydrogen-bond donors (Lipinski definition) is 1. The average Bonchev–Trinajstić information content (AvgIpc) is 2.79. The average molecular weight is 253 g/mol. The molecule has 0 saturated carbocycles. The van der Waals surface area contributed by atoms with Crippen LogP contribution in [-0.4, -0.2) is 6.26 Å². The normalized spacial score (nSPS) is 10.4. The molecule has 1 heterocycles. The van der Waals surface area contributed by atoms with Gasteiger partial charge in [-0.3, -0.25) is 0 Å². The summed E-state index contributed by atoms with van der Waals surface area (Å²) in [5.41, 5.74) is 2.04. The SMILES string of the molecule is CSc1ccc(NCc2ccsc2)cc1F. The van der Waals surface area contributed by atoms with Gasteiger partial charge in [-0.05, 0) is 46.8 Å². The number of hydrogen-bond acceptors (Lipinski definition) is 3. The first kappa shape index (κ1) is 11.5. The number of nitrogens with one attached hydrogen (secondary N) is 1. The summed E-state index contributed by atoms with van der Waals surface area (Å²) in [6, 6.07) is 7.31. The van der Waals surface area contributed by atoms with Crippen LogP contribution in [0.5, 0.6) is 0 Å². The van der Waals surface area contributed by atoms with Crippen LogP contribution in [0.2, 0.25) is 0 Å². The van der Waals surface area contributed by atoms with Crippen LogP contribution in [0.25, 0.3) is 0 Å². The van der Waals surface area contributed by atoms with Crippen LogP contribution in [0.1, 0.15) is 5.56 Å². The Morgan fingerprint density at radius 2 is 2.25 bits per heavy atom. The maximum Gasteiger partial charge on any atom is 0.138 e. The maximum absolute atomic E-state index is 13.5. The van der Waals surface area contributed by atoms with E-state index in [9.17, 15) is 4.39 Å². The molecule has 2 aromatic rings. The van der Waals surface area contributed by atoms with Crippen molar-refractivity contribution in [3.8, 4) is 0 Å². The lowest BCUT2D eigenvalue weighted by Crippen LogP contribution is -1.98.